The van der Waals surface area contributed by atoms with Gasteiger partial charge in [0.05, 0.1) is 10.2 Å². The Bertz CT molecular complexity index is 1560. The van der Waals surface area contributed by atoms with Crippen LogP contribution in [-0.2, 0) is 12.8 Å². The first-order valence-electron chi connectivity index (χ1n) is 11.0. The molecule has 4 heteroatoms. The highest BCUT2D eigenvalue weighted by Gasteiger charge is 2.22. The lowest BCUT2D eigenvalue weighted by Gasteiger charge is -2.17. The molecule has 1 amide bonds. The molecule has 1 N–H and O–H groups in total. The molecule has 0 aromatic heterocycles. The first kappa shape index (κ1) is 20.0. The van der Waals surface area contributed by atoms with Crippen molar-refractivity contribution < 1.29 is 9.53 Å². The third-order valence-corrected chi connectivity index (χ3v) is 6.91. The van der Waals surface area contributed by atoms with Crippen molar-refractivity contribution in [3.05, 3.63) is 112 Å². The van der Waals surface area contributed by atoms with Gasteiger partial charge in [-0.05, 0) is 86.4 Å². The summed E-state index contributed by atoms with van der Waals surface area (Å²) in [7, 11) is 0. The lowest BCUT2D eigenvalue weighted by molar-refractivity contribution is 0.102. The Morgan fingerprint density at radius 3 is 2.45 bits per heavy atom. The van der Waals surface area contributed by atoms with E-state index in [2.05, 4.69) is 45.5 Å². The molecule has 0 fully saturated rings. The van der Waals surface area contributed by atoms with E-state index in [1.807, 2.05) is 66.7 Å². The average molecular weight is 494 g/mol. The Morgan fingerprint density at radius 1 is 0.788 bits per heavy atom. The maximum Gasteiger partial charge on any atom is 0.255 e. The van der Waals surface area contributed by atoms with Gasteiger partial charge >= 0.3 is 0 Å². The number of hydrogen-bond acceptors (Lipinski definition) is 2. The zero-order valence-corrected chi connectivity index (χ0v) is 19.4. The first-order valence-corrected chi connectivity index (χ1v) is 11.8. The summed E-state index contributed by atoms with van der Waals surface area (Å²) in [5.74, 6) is 1.22. The van der Waals surface area contributed by atoms with Crippen molar-refractivity contribution in [2.24, 2.45) is 0 Å². The summed E-state index contributed by atoms with van der Waals surface area (Å²) in [6.45, 7) is 0. The molecule has 0 unspecified atom stereocenters. The number of carbonyl (C=O) groups excluding carboxylic acids is 1. The summed E-state index contributed by atoms with van der Waals surface area (Å²) >= 11 is 3.58. The summed E-state index contributed by atoms with van der Waals surface area (Å²) in [6, 6.07) is 30.0. The van der Waals surface area contributed by atoms with Gasteiger partial charge in [-0.1, -0.05) is 60.7 Å². The van der Waals surface area contributed by atoms with E-state index in [0.717, 1.165) is 33.5 Å². The highest BCUT2D eigenvalue weighted by atomic mass is 79.9. The predicted molar refractivity (Wildman–Crippen MR) is 137 cm³/mol. The smallest absolute Gasteiger partial charge is 0.255 e. The zero-order chi connectivity index (χ0) is 22.4. The number of hydrogen-bond donors (Lipinski definition) is 1. The third kappa shape index (κ3) is 3.57. The zero-order valence-electron chi connectivity index (χ0n) is 17.8. The summed E-state index contributed by atoms with van der Waals surface area (Å²) in [5.41, 5.74) is 3.87. The lowest BCUT2D eigenvalue weighted by Crippen LogP contribution is -2.13. The molecule has 6 rings (SSSR count). The van der Waals surface area contributed by atoms with Crippen LogP contribution in [0, 0.1) is 0 Å². The third-order valence-electron chi connectivity index (χ3n) is 6.25. The Hall–Kier alpha value is -3.63. The standard InChI is InChI=1S/C29H20BrNO2/c30-24-10-3-4-11-26(24)33-28-23-9-5-8-19-13-14-21(27(19)23)17-25(28)31-29(32)22-15-12-18-6-1-2-7-20(18)16-22/h1-12,15-17H,13-14H2,(H,31,32). The van der Waals surface area contributed by atoms with Crippen molar-refractivity contribution in [3.63, 3.8) is 0 Å². The molecule has 33 heavy (non-hydrogen) atoms. The topological polar surface area (TPSA) is 38.3 Å². The fraction of sp³-hybridized carbons (Fsp3) is 0.0690. The number of nitrogens with one attached hydrogen (secondary N) is 1. The quantitative estimate of drug-likeness (QED) is 0.276. The molecule has 1 aliphatic rings. The van der Waals surface area contributed by atoms with Crippen LogP contribution >= 0.6 is 15.9 Å². The minimum atomic E-state index is -0.154. The number of ether oxygens (including phenoxy) is 1. The van der Waals surface area contributed by atoms with Gasteiger partial charge in [-0.2, -0.15) is 0 Å². The fourth-order valence-corrected chi connectivity index (χ4v) is 5.03. The van der Waals surface area contributed by atoms with Gasteiger partial charge in [0.25, 0.3) is 5.91 Å². The van der Waals surface area contributed by atoms with Gasteiger partial charge in [0, 0.05) is 10.9 Å². The van der Waals surface area contributed by atoms with Crippen LogP contribution in [0.2, 0.25) is 0 Å². The highest BCUT2D eigenvalue weighted by Crippen LogP contribution is 2.44. The normalized spacial score (nSPS) is 12.3. The van der Waals surface area contributed by atoms with Crippen molar-refractivity contribution >= 4 is 49.1 Å². The number of benzene rings is 5. The molecule has 0 bridgehead atoms. The van der Waals surface area contributed by atoms with Crippen LogP contribution in [0.4, 0.5) is 5.69 Å². The van der Waals surface area contributed by atoms with Crippen LogP contribution in [-0.4, -0.2) is 5.91 Å². The molecule has 0 spiro atoms. The predicted octanol–water partition coefficient (Wildman–Crippen LogP) is 7.90. The van der Waals surface area contributed by atoms with E-state index < -0.39 is 0 Å². The molecule has 0 heterocycles. The maximum atomic E-state index is 13.3. The van der Waals surface area contributed by atoms with Gasteiger partial charge < -0.3 is 10.1 Å². The van der Waals surface area contributed by atoms with Gasteiger partial charge in [-0.15, -0.1) is 0 Å². The van der Waals surface area contributed by atoms with E-state index in [1.165, 1.54) is 16.5 Å². The van der Waals surface area contributed by atoms with Crippen molar-refractivity contribution in [1.82, 2.24) is 0 Å². The van der Waals surface area contributed by atoms with Crippen LogP contribution in [0.3, 0.4) is 0 Å². The van der Waals surface area contributed by atoms with Gasteiger partial charge in [0.2, 0.25) is 0 Å². The lowest BCUT2D eigenvalue weighted by atomic mass is 10.0. The van der Waals surface area contributed by atoms with E-state index in [1.54, 1.807) is 0 Å². The van der Waals surface area contributed by atoms with Crippen LogP contribution in [0.25, 0.3) is 21.5 Å². The number of rotatable bonds is 4. The molecule has 3 nitrogen and oxygen atoms in total. The van der Waals surface area contributed by atoms with Crippen LogP contribution in [0.1, 0.15) is 21.5 Å². The average Bonchev–Trinajstić information content (AvgIpc) is 3.26. The maximum absolute atomic E-state index is 13.3. The molecule has 5 aromatic rings. The Kier molecular flexibility index (Phi) is 4.88. The van der Waals surface area contributed by atoms with E-state index in [0.29, 0.717) is 22.7 Å². The van der Waals surface area contributed by atoms with E-state index in [4.69, 9.17) is 4.74 Å². The molecule has 0 radical (unpaired) electrons. The van der Waals surface area contributed by atoms with Crippen LogP contribution in [0.15, 0.2) is 95.5 Å². The Balaban J connectivity index is 1.46. The fourth-order valence-electron chi connectivity index (χ4n) is 4.67. The van der Waals surface area contributed by atoms with Gasteiger partial charge in [-0.3, -0.25) is 4.79 Å². The number of aryl methyl sites for hydroxylation is 2. The summed E-state index contributed by atoms with van der Waals surface area (Å²) in [4.78, 5) is 13.3. The second-order valence-corrected chi connectivity index (χ2v) is 9.15. The molecular weight excluding hydrogens is 474 g/mol. The van der Waals surface area contributed by atoms with Gasteiger partial charge in [-0.25, -0.2) is 0 Å². The number of halogens is 1. The number of anilines is 1. The minimum absolute atomic E-state index is 0.154. The number of fused-ring (bicyclic) bond motifs is 1. The summed E-state index contributed by atoms with van der Waals surface area (Å²) < 4.78 is 7.30. The Morgan fingerprint density at radius 2 is 1.58 bits per heavy atom. The largest absolute Gasteiger partial charge is 0.453 e. The van der Waals surface area contributed by atoms with Crippen molar-refractivity contribution in [3.8, 4) is 11.5 Å². The summed E-state index contributed by atoms with van der Waals surface area (Å²) in [5, 5.41) is 7.55. The van der Waals surface area contributed by atoms with Crippen LogP contribution in [0.5, 0.6) is 11.5 Å². The van der Waals surface area contributed by atoms with Gasteiger partial charge in [0.1, 0.15) is 5.75 Å². The molecule has 0 atom stereocenters. The second kappa shape index (κ2) is 8.05. The van der Waals surface area contributed by atoms with Crippen molar-refractivity contribution in [2.45, 2.75) is 12.8 Å². The second-order valence-electron chi connectivity index (χ2n) is 8.30. The molecule has 5 aromatic carbocycles. The SMILES string of the molecule is O=C(Nc1cc2c3c(cccc3c1Oc1ccccc1Br)CC2)c1ccc2ccccc2c1. The molecule has 1 aliphatic carbocycles. The highest BCUT2D eigenvalue weighted by molar-refractivity contribution is 9.10. The van der Waals surface area contributed by atoms with Gasteiger partial charge in [0.15, 0.2) is 5.75 Å². The van der Waals surface area contributed by atoms with Crippen LogP contribution < -0.4 is 10.1 Å². The molecule has 160 valence electrons. The molecule has 0 saturated heterocycles. The Labute approximate surface area is 200 Å². The number of carbonyl (C=O) groups is 1. The first-order chi connectivity index (χ1) is 16.2. The van der Waals surface area contributed by atoms with Crippen molar-refractivity contribution in [2.75, 3.05) is 5.32 Å². The summed E-state index contributed by atoms with van der Waals surface area (Å²) in [6.07, 6.45) is 1.97. The van der Waals surface area contributed by atoms with E-state index >= 15 is 0 Å². The molecule has 0 saturated carbocycles. The molecular formula is C29H20BrNO2. The monoisotopic (exact) mass is 493 g/mol. The molecule has 0 aliphatic heterocycles. The minimum Gasteiger partial charge on any atom is -0.453 e. The van der Waals surface area contributed by atoms with Crippen molar-refractivity contribution in [1.29, 1.82) is 0 Å². The number of amides is 1. The number of para-hydroxylation sites is 1. The van der Waals surface area contributed by atoms with E-state index in [9.17, 15) is 4.79 Å². The van der Waals surface area contributed by atoms with E-state index in [-0.39, 0.29) is 5.91 Å².